The van der Waals surface area contributed by atoms with Gasteiger partial charge >= 0.3 is 0 Å². The predicted octanol–water partition coefficient (Wildman–Crippen LogP) is 1.49. The summed E-state index contributed by atoms with van der Waals surface area (Å²) in [7, 11) is 2.04. The molecule has 1 fully saturated rings. The Kier molecular flexibility index (Phi) is 6.16. The maximum atomic E-state index is 12.2. The molecule has 0 unspecified atom stereocenters. The predicted molar refractivity (Wildman–Crippen MR) is 90.7 cm³/mol. The van der Waals surface area contributed by atoms with Crippen LogP contribution in [0.5, 0.6) is 0 Å². The van der Waals surface area contributed by atoms with Crippen LogP contribution in [0.1, 0.15) is 25.8 Å². The van der Waals surface area contributed by atoms with Gasteiger partial charge in [-0.2, -0.15) is 0 Å². The molecule has 0 saturated carbocycles. The Hall–Kier alpha value is -1.88. The van der Waals surface area contributed by atoms with Gasteiger partial charge in [-0.3, -0.25) is 9.59 Å². The van der Waals surface area contributed by atoms with Crippen molar-refractivity contribution >= 4 is 11.8 Å². The summed E-state index contributed by atoms with van der Waals surface area (Å²) in [6.07, 6.45) is 0.337. The van der Waals surface area contributed by atoms with Crippen LogP contribution in [0.4, 0.5) is 0 Å². The van der Waals surface area contributed by atoms with Gasteiger partial charge < -0.3 is 15.1 Å². The Balaban J connectivity index is 1.70. The molecule has 1 aliphatic rings. The Morgan fingerprint density at radius 3 is 2.65 bits per heavy atom. The van der Waals surface area contributed by atoms with Crippen molar-refractivity contribution in [3.05, 3.63) is 35.9 Å². The van der Waals surface area contributed by atoms with Crippen LogP contribution in [-0.4, -0.2) is 54.3 Å². The van der Waals surface area contributed by atoms with Gasteiger partial charge in [0, 0.05) is 38.6 Å². The van der Waals surface area contributed by atoms with E-state index in [-0.39, 0.29) is 23.8 Å². The van der Waals surface area contributed by atoms with Gasteiger partial charge in [-0.25, -0.2) is 0 Å². The van der Waals surface area contributed by atoms with E-state index in [1.807, 2.05) is 39.1 Å². The minimum atomic E-state index is -0.204. The zero-order chi connectivity index (χ0) is 16.8. The third-order valence-corrected chi connectivity index (χ3v) is 4.24. The maximum Gasteiger partial charge on any atom is 0.225 e. The number of carbonyl (C=O) groups is 2. The van der Waals surface area contributed by atoms with E-state index in [1.54, 1.807) is 4.90 Å². The second kappa shape index (κ2) is 8.11. The summed E-state index contributed by atoms with van der Waals surface area (Å²) in [5.74, 6) is -0.125. The van der Waals surface area contributed by atoms with E-state index in [0.29, 0.717) is 19.5 Å². The molecule has 0 radical (unpaired) electrons. The van der Waals surface area contributed by atoms with Crippen molar-refractivity contribution in [1.29, 1.82) is 0 Å². The van der Waals surface area contributed by atoms with Crippen LogP contribution in [-0.2, 0) is 16.1 Å². The van der Waals surface area contributed by atoms with Crippen LogP contribution in [0.3, 0.4) is 0 Å². The number of hydrogen-bond acceptors (Lipinski definition) is 3. The smallest absolute Gasteiger partial charge is 0.225 e. The fraction of sp³-hybridized carbons (Fsp3) is 0.556. The first-order valence-electron chi connectivity index (χ1n) is 8.27. The van der Waals surface area contributed by atoms with Crippen LogP contribution in [0.2, 0.25) is 0 Å². The van der Waals surface area contributed by atoms with Crippen molar-refractivity contribution in [2.75, 3.05) is 26.7 Å². The quantitative estimate of drug-likeness (QED) is 0.829. The monoisotopic (exact) mass is 317 g/mol. The van der Waals surface area contributed by atoms with Gasteiger partial charge in [-0.15, -0.1) is 0 Å². The number of benzene rings is 1. The molecule has 1 saturated heterocycles. The molecular weight excluding hydrogens is 290 g/mol. The van der Waals surface area contributed by atoms with Gasteiger partial charge in [-0.1, -0.05) is 30.3 Å². The molecule has 0 spiro atoms. The van der Waals surface area contributed by atoms with Gasteiger partial charge in [0.1, 0.15) is 0 Å². The maximum absolute atomic E-state index is 12.2. The summed E-state index contributed by atoms with van der Waals surface area (Å²) < 4.78 is 0. The van der Waals surface area contributed by atoms with E-state index in [1.165, 1.54) is 5.56 Å². The van der Waals surface area contributed by atoms with E-state index in [9.17, 15) is 9.59 Å². The molecule has 1 N–H and O–H groups in total. The molecule has 0 aliphatic carbocycles. The molecule has 5 nitrogen and oxygen atoms in total. The number of carbonyl (C=O) groups excluding carboxylic acids is 2. The first kappa shape index (κ1) is 17.5. The number of likely N-dealkylation sites (tertiary alicyclic amines) is 1. The van der Waals surface area contributed by atoms with Gasteiger partial charge in [0.2, 0.25) is 11.8 Å². The molecule has 1 aromatic carbocycles. The van der Waals surface area contributed by atoms with Crippen LogP contribution < -0.4 is 5.32 Å². The van der Waals surface area contributed by atoms with Crippen LogP contribution >= 0.6 is 0 Å². The molecule has 5 heteroatoms. The third-order valence-electron chi connectivity index (χ3n) is 4.24. The Morgan fingerprint density at radius 1 is 1.35 bits per heavy atom. The van der Waals surface area contributed by atoms with Gasteiger partial charge in [0.25, 0.3) is 0 Å². The lowest BCUT2D eigenvalue weighted by Crippen LogP contribution is -2.38. The zero-order valence-corrected chi connectivity index (χ0v) is 14.3. The molecule has 0 bridgehead atoms. The lowest BCUT2D eigenvalue weighted by molar-refractivity contribution is -0.129. The summed E-state index contributed by atoms with van der Waals surface area (Å²) in [6, 6.07) is 10.4. The van der Waals surface area contributed by atoms with Crippen molar-refractivity contribution in [2.45, 2.75) is 32.9 Å². The standard InChI is InChI=1S/C18H27N3O2/c1-14(2)21-13-16(11-17(21)22)18(23)19-9-10-20(3)12-15-7-5-4-6-8-15/h4-8,14,16H,9-13H2,1-3H3,(H,19,23)/t16-/m0/s1. The van der Waals surface area contributed by atoms with Crippen LogP contribution in [0, 0.1) is 5.92 Å². The first-order valence-corrected chi connectivity index (χ1v) is 8.27. The molecule has 2 amide bonds. The largest absolute Gasteiger partial charge is 0.355 e. The SMILES string of the molecule is CC(C)N1C[C@@H](C(=O)NCCN(C)Cc2ccccc2)CC1=O. The average molecular weight is 317 g/mol. The van der Waals surface area contributed by atoms with Crippen molar-refractivity contribution in [1.82, 2.24) is 15.1 Å². The average Bonchev–Trinajstić information content (AvgIpc) is 2.90. The third kappa shape index (κ3) is 5.06. The molecule has 1 aliphatic heterocycles. The number of amides is 2. The molecule has 1 aromatic rings. The second-order valence-corrected chi connectivity index (χ2v) is 6.56. The van der Waals surface area contributed by atoms with E-state index >= 15 is 0 Å². The van der Waals surface area contributed by atoms with E-state index in [0.717, 1.165) is 13.1 Å². The van der Waals surface area contributed by atoms with Crippen molar-refractivity contribution in [2.24, 2.45) is 5.92 Å². The number of hydrogen-bond donors (Lipinski definition) is 1. The number of nitrogens with one attached hydrogen (secondary N) is 1. The van der Waals surface area contributed by atoms with Gasteiger partial charge in [-0.05, 0) is 26.5 Å². The van der Waals surface area contributed by atoms with E-state index in [2.05, 4.69) is 22.3 Å². The highest BCUT2D eigenvalue weighted by Gasteiger charge is 2.35. The van der Waals surface area contributed by atoms with Crippen molar-refractivity contribution in [3.63, 3.8) is 0 Å². The summed E-state index contributed by atoms with van der Waals surface area (Å²) in [5, 5.41) is 2.96. The number of rotatable bonds is 7. The highest BCUT2D eigenvalue weighted by atomic mass is 16.2. The summed E-state index contributed by atoms with van der Waals surface area (Å²) >= 11 is 0. The molecule has 126 valence electrons. The number of likely N-dealkylation sites (N-methyl/N-ethyl adjacent to an activating group) is 1. The second-order valence-electron chi connectivity index (χ2n) is 6.56. The van der Waals surface area contributed by atoms with E-state index < -0.39 is 0 Å². The normalized spacial score (nSPS) is 18.0. The topological polar surface area (TPSA) is 52.7 Å². The molecular formula is C18H27N3O2. The molecule has 23 heavy (non-hydrogen) atoms. The summed E-state index contributed by atoms with van der Waals surface area (Å²) in [6.45, 7) is 6.76. The fourth-order valence-corrected chi connectivity index (χ4v) is 2.89. The van der Waals surface area contributed by atoms with Gasteiger partial charge in [0.15, 0.2) is 0 Å². The minimum Gasteiger partial charge on any atom is -0.355 e. The molecule has 1 heterocycles. The zero-order valence-electron chi connectivity index (χ0n) is 14.3. The summed E-state index contributed by atoms with van der Waals surface area (Å²) in [4.78, 5) is 28.0. The first-order chi connectivity index (χ1) is 11.0. The molecule has 2 rings (SSSR count). The number of nitrogens with zero attached hydrogens (tertiary/aromatic N) is 2. The lowest BCUT2D eigenvalue weighted by atomic mass is 10.1. The van der Waals surface area contributed by atoms with E-state index in [4.69, 9.17) is 0 Å². The van der Waals surface area contributed by atoms with Crippen molar-refractivity contribution < 1.29 is 9.59 Å². The van der Waals surface area contributed by atoms with Gasteiger partial charge in [0.05, 0.1) is 5.92 Å². The Labute approximate surface area is 138 Å². The molecule has 0 aromatic heterocycles. The highest BCUT2D eigenvalue weighted by molar-refractivity contribution is 5.89. The van der Waals surface area contributed by atoms with Crippen LogP contribution in [0.25, 0.3) is 0 Å². The minimum absolute atomic E-state index is 0.00499. The highest BCUT2D eigenvalue weighted by Crippen LogP contribution is 2.20. The Morgan fingerprint density at radius 2 is 2.04 bits per heavy atom. The fourth-order valence-electron chi connectivity index (χ4n) is 2.89. The lowest BCUT2D eigenvalue weighted by Gasteiger charge is -2.21. The molecule has 1 atom stereocenters. The van der Waals surface area contributed by atoms with Crippen LogP contribution in [0.15, 0.2) is 30.3 Å². The Bertz CT molecular complexity index is 530. The summed E-state index contributed by atoms with van der Waals surface area (Å²) in [5.41, 5.74) is 1.26. The van der Waals surface area contributed by atoms with Crippen molar-refractivity contribution in [3.8, 4) is 0 Å².